The topological polar surface area (TPSA) is 48.9 Å². The van der Waals surface area contributed by atoms with Crippen LogP contribution in [0.25, 0.3) is 11.0 Å². The number of aromatic amines is 1. The molecule has 0 amide bonds. The predicted molar refractivity (Wildman–Crippen MR) is 47.2 cm³/mol. The van der Waals surface area contributed by atoms with E-state index in [4.69, 9.17) is 0 Å². The van der Waals surface area contributed by atoms with E-state index in [-0.39, 0.29) is 0 Å². The van der Waals surface area contributed by atoms with Crippen molar-refractivity contribution in [2.24, 2.45) is 0 Å². The summed E-state index contributed by atoms with van der Waals surface area (Å²) < 4.78 is 0. The average Bonchev–Trinajstić information content (AvgIpc) is 2.30. The van der Waals surface area contributed by atoms with Crippen molar-refractivity contribution in [1.82, 2.24) is 9.97 Å². The maximum absolute atomic E-state index is 9.37. The minimum absolute atomic E-state index is 0.300. The molecule has 1 aromatic carbocycles. The van der Waals surface area contributed by atoms with E-state index < -0.39 is 0 Å². The number of H-pyrrole nitrogens is 1. The number of hydrogen-bond donors (Lipinski definition) is 2. The van der Waals surface area contributed by atoms with Crippen molar-refractivity contribution in [2.75, 3.05) is 0 Å². The molecule has 0 atom stereocenters. The fourth-order valence-corrected chi connectivity index (χ4v) is 1.28. The number of aromatic hydroxyl groups is 1. The molecule has 62 valence electrons. The van der Waals surface area contributed by atoms with Crippen LogP contribution in [0.2, 0.25) is 0 Å². The molecule has 0 saturated carbocycles. The number of phenols is 1. The summed E-state index contributed by atoms with van der Waals surface area (Å²) in [4.78, 5) is 7.30. The van der Waals surface area contributed by atoms with E-state index in [1.54, 1.807) is 6.07 Å². The van der Waals surface area contributed by atoms with Crippen LogP contribution in [0.1, 0.15) is 11.4 Å². The van der Waals surface area contributed by atoms with Gasteiger partial charge in [-0.3, -0.25) is 0 Å². The number of nitrogens with zero attached hydrogens (tertiary/aromatic N) is 1. The van der Waals surface area contributed by atoms with Gasteiger partial charge in [0.05, 0.1) is 11.0 Å². The zero-order chi connectivity index (χ0) is 8.72. The molecule has 2 rings (SSSR count). The molecule has 0 aliphatic carbocycles. The van der Waals surface area contributed by atoms with Gasteiger partial charge in [0.15, 0.2) is 0 Å². The molecule has 0 aliphatic rings. The number of rotatable bonds is 0. The van der Waals surface area contributed by atoms with Crippen LogP contribution in [0.3, 0.4) is 0 Å². The van der Waals surface area contributed by atoms with Crippen LogP contribution in [0, 0.1) is 13.8 Å². The standard InChI is InChI=1S/C9H10N2O/c1-5-3-7-8(4-9(5)12)11-6(2)10-7/h3-4,12H,1-2H3,(H,10,11). The van der Waals surface area contributed by atoms with Gasteiger partial charge in [-0.25, -0.2) is 4.98 Å². The van der Waals surface area contributed by atoms with Crippen molar-refractivity contribution in [3.8, 4) is 5.75 Å². The zero-order valence-electron chi connectivity index (χ0n) is 7.05. The first kappa shape index (κ1) is 7.16. The third-order valence-electron chi connectivity index (χ3n) is 1.92. The predicted octanol–water partition coefficient (Wildman–Crippen LogP) is 1.89. The second kappa shape index (κ2) is 2.24. The Balaban J connectivity index is 2.83. The van der Waals surface area contributed by atoms with E-state index in [2.05, 4.69) is 9.97 Å². The molecule has 0 unspecified atom stereocenters. The lowest BCUT2D eigenvalue weighted by molar-refractivity contribution is 0.472. The average molecular weight is 162 g/mol. The maximum atomic E-state index is 9.37. The fourth-order valence-electron chi connectivity index (χ4n) is 1.28. The molecular formula is C9H10N2O. The van der Waals surface area contributed by atoms with E-state index in [0.29, 0.717) is 5.75 Å². The number of benzene rings is 1. The number of aryl methyl sites for hydroxylation is 2. The molecule has 1 aromatic heterocycles. The number of phenolic OH excluding ortho intramolecular Hbond substituents is 1. The fraction of sp³-hybridized carbons (Fsp3) is 0.222. The van der Waals surface area contributed by atoms with Crippen LogP contribution < -0.4 is 0 Å². The first-order valence-electron chi connectivity index (χ1n) is 3.83. The molecule has 3 heteroatoms. The van der Waals surface area contributed by atoms with Crippen LogP contribution >= 0.6 is 0 Å². The van der Waals surface area contributed by atoms with Crippen LogP contribution in [0.4, 0.5) is 0 Å². The highest BCUT2D eigenvalue weighted by atomic mass is 16.3. The third kappa shape index (κ3) is 0.942. The maximum Gasteiger partial charge on any atom is 0.120 e. The van der Waals surface area contributed by atoms with E-state index in [1.165, 1.54) is 0 Å². The molecule has 0 radical (unpaired) electrons. The van der Waals surface area contributed by atoms with Gasteiger partial charge in [-0.15, -0.1) is 0 Å². The van der Waals surface area contributed by atoms with Gasteiger partial charge in [-0.2, -0.15) is 0 Å². The molecule has 0 saturated heterocycles. The highest BCUT2D eigenvalue weighted by Crippen LogP contribution is 2.22. The second-order valence-electron chi connectivity index (χ2n) is 2.98. The summed E-state index contributed by atoms with van der Waals surface area (Å²) >= 11 is 0. The van der Waals surface area contributed by atoms with Gasteiger partial charge < -0.3 is 10.1 Å². The summed E-state index contributed by atoms with van der Waals surface area (Å²) in [6.07, 6.45) is 0. The van der Waals surface area contributed by atoms with E-state index >= 15 is 0 Å². The molecule has 0 aliphatic heterocycles. The van der Waals surface area contributed by atoms with Crippen LogP contribution in [0.5, 0.6) is 5.75 Å². The SMILES string of the molecule is Cc1nc2cc(O)c(C)cc2[nH]1. The molecule has 2 N–H and O–H groups in total. The summed E-state index contributed by atoms with van der Waals surface area (Å²) in [5.41, 5.74) is 2.66. The largest absolute Gasteiger partial charge is 0.508 e. The number of nitrogens with one attached hydrogen (secondary N) is 1. The first-order valence-corrected chi connectivity index (χ1v) is 3.83. The Labute approximate surface area is 70.1 Å². The Morgan fingerprint density at radius 1 is 1.33 bits per heavy atom. The van der Waals surface area contributed by atoms with Gasteiger partial charge in [0.1, 0.15) is 11.6 Å². The molecule has 0 bridgehead atoms. The van der Waals surface area contributed by atoms with Crippen molar-refractivity contribution in [1.29, 1.82) is 0 Å². The van der Waals surface area contributed by atoms with Crippen molar-refractivity contribution < 1.29 is 5.11 Å². The van der Waals surface area contributed by atoms with Gasteiger partial charge in [-0.05, 0) is 25.5 Å². The summed E-state index contributed by atoms with van der Waals surface area (Å²) in [7, 11) is 0. The van der Waals surface area contributed by atoms with E-state index in [0.717, 1.165) is 22.4 Å². The molecule has 3 nitrogen and oxygen atoms in total. The Morgan fingerprint density at radius 2 is 2.08 bits per heavy atom. The molecule has 12 heavy (non-hydrogen) atoms. The van der Waals surface area contributed by atoms with Crippen molar-refractivity contribution in [3.05, 3.63) is 23.5 Å². The Morgan fingerprint density at radius 3 is 2.83 bits per heavy atom. The lowest BCUT2D eigenvalue weighted by Gasteiger charge is -1.95. The molecule has 2 aromatic rings. The Hall–Kier alpha value is -1.51. The minimum atomic E-state index is 0.300. The second-order valence-corrected chi connectivity index (χ2v) is 2.98. The van der Waals surface area contributed by atoms with Crippen LogP contribution in [-0.4, -0.2) is 15.1 Å². The van der Waals surface area contributed by atoms with Gasteiger partial charge in [0.25, 0.3) is 0 Å². The van der Waals surface area contributed by atoms with Gasteiger partial charge in [-0.1, -0.05) is 0 Å². The van der Waals surface area contributed by atoms with Crippen molar-refractivity contribution >= 4 is 11.0 Å². The number of fused-ring (bicyclic) bond motifs is 1. The normalized spacial score (nSPS) is 10.8. The molecule has 1 heterocycles. The quantitative estimate of drug-likeness (QED) is 0.621. The Bertz CT molecular complexity index is 392. The monoisotopic (exact) mass is 162 g/mol. The smallest absolute Gasteiger partial charge is 0.120 e. The van der Waals surface area contributed by atoms with Crippen molar-refractivity contribution in [2.45, 2.75) is 13.8 Å². The molecule has 0 fully saturated rings. The van der Waals surface area contributed by atoms with Crippen molar-refractivity contribution in [3.63, 3.8) is 0 Å². The van der Waals surface area contributed by atoms with E-state index in [9.17, 15) is 5.11 Å². The number of imidazole rings is 1. The van der Waals surface area contributed by atoms with Gasteiger partial charge in [0, 0.05) is 6.07 Å². The minimum Gasteiger partial charge on any atom is -0.508 e. The van der Waals surface area contributed by atoms with Crippen LogP contribution in [-0.2, 0) is 0 Å². The summed E-state index contributed by atoms with van der Waals surface area (Å²) in [6.45, 7) is 3.76. The molecule has 0 spiro atoms. The number of aromatic nitrogens is 2. The molecular weight excluding hydrogens is 152 g/mol. The summed E-state index contributed by atoms with van der Waals surface area (Å²) in [5, 5.41) is 9.37. The van der Waals surface area contributed by atoms with Gasteiger partial charge in [0.2, 0.25) is 0 Å². The lowest BCUT2D eigenvalue weighted by Crippen LogP contribution is -1.75. The summed E-state index contributed by atoms with van der Waals surface area (Å²) in [6, 6.07) is 3.57. The lowest BCUT2D eigenvalue weighted by atomic mass is 10.2. The number of hydrogen-bond acceptors (Lipinski definition) is 2. The highest BCUT2D eigenvalue weighted by Gasteiger charge is 2.02. The van der Waals surface area contributed by atoms with E-state index in [1.807, 2.05) is 19.9 Å². The third-order valence-corrected chi connectivity index (χ3v) is 1.92. The van der Waals surface area contributed by atoms with Crippen LogP contribution in [0.15, 0.2) is 12.1 Å². The first-order chi connectivity index (χ1) is 5.66. The Kier molecular flexibility index (Phi) is 1.33. The van der Waals surface area contributed by atoms with Gasteiger partial charge >= 0.3 is 0 Å². The highest BCUT2D eigenvalue weighted by molar-refractivity contribution is 5.78. The zero-order valence-corrected chi connectivity index (χ0v) is 7.05. The summed E-state index contributed by atoms with van der Waals surface area (Å²) in [5.74, 6) is 1.17.